The van der Waals surface area contributed by atoms with Crippen molar-refractivity contribution < 1.29 is 23.5 Å². The van der Waals surface area contributed by atoms with Gasteiger partial charge >= 0.3 is 0 Å². The molecule has 2 aromatic rings. The highest BCUT2D eigenvalue weighted by Crippen LogP contribution is 2.21. The highest BCUT2D eigenvalue weighted by molar-refractivity contribution is 5.94. The monoisotopic (exact) mass is 373 g/mol. The van der Waals surface area contributed by atoms with Gasteiger partial charge in [0.15, 0.2) is 11.9 Å². The molecule has 2 rings (SSSR count). The van der Waals surface area contributed by atoms with E-state index in [9.17, 15) is 14.4 Å². The van der Waals surface area contributed by atoms with Crippen molar-refractivity contribution in [1.82, 2.24) is 15.8 Å². The van der Waals surface area contributed by atoms with Gasteiger partial charge in [0.2, 0.25) is 0 Å². The minimum Gasteiger partial charge on any atom is -0.481 e. The van der Waals surface area contributed by atoms with Crippen molar-refractivity contribution in [2.24, 2.45) is 0 Å². The molecule has 0 unspecified atom stereocenters. The van der Waals surface area contributed by atoms with Gasteiger partial charge in [-0.3, -0.25) is 25.2 Å². The van der Waals surface area contributed by atoms with E-state index in [2.05, 4.69) is 10.9 Å². The third-order valence-corrected chi connectivity index (χ3v) is 4.01. The maximum absolute atomic E-state index is 12.1. The second-order valence-electron chi connectivity index (χ2n) is 6.13. The molecule has 0 aliphatic heterocycles. The van der Waals surface area contributed by atoms with Crippen molar-refractivity contribution in [2.45, 2.75) is 26.9 Å². The highest BCUT2D eigenvalue weighted by atomic mass is 16.5. The molecule has 144 valence electrons. The van der Waals surface area contributed by atoms with Gasteiger partial charge in [0, 0.05) is 7.05 Å². The number of amides is 3. The van der Waals surface area contributed by atoms with Crippen LogP contribution < -0.4 is 15.6 Å². The first-order chi connectivity index (χ1) is 12.8. The fourth-order valence-electron chi connectivity index (χ4n) is 2.24. The molecular weight excluding hydrogens is 350 g/mol. The number of rotatable bonds is 6. The van der Waals surface area contributed by atoms with Gasteiger partial charge in [-0.2, -0.15) is 0 Å². The molecule has 3 amide bonds. The summed E-state index contributed by atoms with van der Waals surface area (Å²) in [7, 11) is 1.46. The van der Waals surface area contributed by atoms with E-state index >= 15 is 0 Å². The zero-order valence-electron chi connectivity index (χ0n) is 15.7. The highest BCUT2D eigenvalue weighted by Gasteiger charge is 2.19. The minimum absolute atomic E-state index is 0.130. The summed E-state index contributed by atoms with van der Waals surface area (Å²) < 4.78 is 10.6. The second kappa shape index (κ2) is 8.88. The van der Waals surface area contributed by atoms with Crippen molar-refractivity contribution in [3.05, 3.63) is 53.5 Å². The topological polar surface area (TPSA) is 101 Å². The van der Waals surface area contributed by atoms with Crippen molar-refractivity contribution >= 4 is 17.7 Å². The predicted molar refractivity (Wildman–Crippen MR) is 98.0 cm³/mol. The van der Waals surface area contributed by atoms with Gasteiger partial charge in [0.25, 0.3) is 17.7 Å². The summed E-state index contributed by atoms with van der Waals surface area (Å²) in [5.41, 5.74) is 6.55. The van der Waals surface area contributed by atoms with Crippen molar-refractivity contribution in [3.8, 4) is 5.75 Å². The van der Waals surface area contributed by atoms with E-state index in [0.717, 1.165) is 11.1 Å². The Morgan fingerprint density at radius 3 is 2.56 bits per heavy atom. The molecule has 1 aromatic heterocycles. The number of nitrogens with zero attached hydrogens (tertiary/aromatic N) is 1. The molecule has 0 saturated heterocycles. The molecule has 0 saturated carbocycles. The number of hydrazine groups is 1. The predicted octanol–water partition coefficient (Wildman–Crippen LogP) is 1.58. The summed E-state index contributed by atoms with van der Waals surface area (Å²) in [6, 6.07) is 8.66. The number of ether oxygens (including phenoxy) is 1. The van der Waals surface area contributed by atoms with Crippen LogP contribution in [0.1, 0.15) is 28.6 Å². The van der Waals surface area contributed by atoms with Gasteiger partial charge in [-0.1, -0.05) is 12.1 Å². The van der Waals surface area contributed by atoms with Crippen LogP contribution in [-0.4, -0.2) is 42.3 Å². The van der Waals surface area contributed by atoms with Crippen LogP contribution in [0.2, 0.25) is 0 Å². The number of likely N-dealkylation sites (N-methyl/N-ethyl adjacent to an activating group) is 1. The number of hydrogen-bond donors (Lipinski definition) is 2. The zero-order valence-corrected chi connectivity index (χ0v) is 15.7. The summed E-state index contributed by atoms with van der Waals surface area (Å²) in [6.45, 7) is 5.19. The molecule has 0 radical (unpaired) electrons. The third-order valence-electron chi connectivity index (χ3n) is 4.01. The maximum atomic E-state index is 12.1. The van der Waals surface area contributed by atoms with Crippen LogP contribution in [0.4, 0.5) is 0 Å². The lowest BCUT2D eigenvalue weighted by molar-refractivity contribution is -0.132. The Morgan fingerprint density at radius 1 is 1.15 bits per heavy atom. The number of furan rings is 1. The molecule has 8 nitrogen and oxygen atoms in total. The Bertz CT molecular complexity index is 817. The van der Waals surface area contributed by atoms with E-state index < -0.39 is 23.8 Å². The summed E-state index contributed by atoms with van der Waals surface area (Å²) in [5.74, 6) is -0.764. The molecular formula is C19H23N3O5. The number of hydrogen-bond acceptors (Lipinski definition) is 5. The van der Waals surface area contributed by atoms with Crippen LogP contribution in [0.3, 0.4) is 0 Å². The number of benzene rings is 1. The van der Waals surface area contributed by atoms with Crippen LogP contribution in [0.5, 0.6) is 5.75 Å². The lowest BCUT2D eigenvalue weighted by Crippen LogP contribution is -2.50. The average Bonchev–Trinajstić information content (AvgIpc) is 3.17. The summed E-state index contributed by atoms with van der Waals surface area (Å²) in [6.07, 6.45) is 0.562. The minimum atomic E-state index is -0.812. The number of carbonyl (C=O) groups excluding carboxylic acids is 3. The van der Waals surface area contributed by atoms with Gasteiger partial charge < -0.3 is 14.1 Å². The van der Waals surface area contributed by atoms with Crippen LogP contribution in [0.25, 0.3) is 0 Å². The van der Waals surface area contributed by atoms with Crippen LogP contribution >= 0.6 is 0 Å². The lowest BCUT2D eigenvalue weighted by Gasteiger charge is -2.18. The molecule has 0 fully saturated rings. The molecule has 0 aliphatic carbocycles. The lowest BCUT2D eigenvalue weighted by atomic mass is 10.1. The Hall–Kier alpha value is -3.29. The molecule has 1 heterocycles. The first kappa shape index (κ1) is 20.0. The first-order valence-corrected chi connectivity index (χ1v) is 8.40. The molecule has 2 N–H and O–H groups in total. The van der Waals surface area contributed by atoms with E-state index in [4.69, 9.17) is 9.15 Å². The largest absolute Gasteiger partial charge is 0.481 e. The van der Waals surface area contributed by atoms with Gasteiger partial charge in [-0.15, -0.1) is 0 Å². The Balaban J connectivity index is 1.81. The van der Waals surface area contributed by atoms with Crippen molar-refractivity contribution in [3.63, 3.8) is 0 Å². The fraction of sp³-hybridized carbons (Fsp3) is 0.316. The second-order valence-corrected chi connectivity index (χ2v) is 6.13. The maximum Gasteiger partial charge on any atom is 0.289 e. The average molecular weight is 373 g/mol. The van der Waals surface area contributed by atoms with Crippen LogP contribution in [0.15, 0.2) is 41.0 Å². The quantitative estimate of drug-likeness (QED) is 0.749. The summed E-state index contributed by atoms with van der Waals surface area (Å²) in [5, 5.41) is 0. The first-order valence-electron chi connectivity index (χ1n) is 8.40. The standard InChI is InChI=1S/C19H23N3O5/c1-12-7-5-8-15(13(12)2)27-14(3)18(24)21-20-17(23)11-22(4)19(25)16-9-6-10-26-16/h5-10,14H,11H2,1-4H3,(H,20,23)(H,21,24)/t14-/m0/s1. The zero-order chi connectivity index (χ0) is 20.0. The number of carbonyl (C=O) groups is 3. The fourth-order valence-corrected chi connectivity index (χ4v) is 2.24. The number of aryl methyl sites for hydroxylation is 1. The van der Waals surface area contributed by atoms with Crippen LogP contribution in [0, 0.1) is 13.8 Å². The van der Waals surface area contributed by atoms with Gasteiger partial charge in [0.05, 0.1) is 6.26 Å². The summed E-state index contributed by atoms with van der Waals surface area (Å²) in [4.78, 5) is 37.2. The molecule has 8 heteroatoms. The molecule has 1 atom stereocenters. The molecule has 27 heavy (non-hydrogen) atoms. The van der Waals surface area contributed by atoms with E-state index in [1.54, 1.807) is 19.1 Å². The van der Waals surface area contributed by atoms with E-state index in [1.165, 1.54) is 24.3 Å². The van der Waals surface area contributed by atoms with Gasteiger partial charge in [-0.05, 0) is 50.1 Å². The van der Waals surface area contributed by atoms with E-state index in [0.29, 0.717) is 5.75 Å². The number of nitrogens with one attached hydrogen (secondary N) is 2. The summed E-state index contributed by atoms with van der Waals surface area (Å²) >= 11 is 0. The SMILES string of the molecule is Cc1cccc(O[C@@H](C)C(=O)NNC(=O)CN(C)C(=O)c2ccco2)c1C. The van der Waals surface area contributed by atoms with Crippen molar-refractivity contribution in [2.75, 3.05) is 13.6 Å². The smallest absolute Gasteiger partial charge is 0.289 e. The van der Waals surface area contributed by atoms with Crippen molar-refractivity contribution in [1.29, 1.82) is 0 Å². The van der Waals surface area contributed by atoms with Gasteiger partial charge in [0.1, 0.15) is 12.3 Å². The Kier molecular flexibility index (Phi) is 6.59. The normalized spacial score (nSPS) is 11.4. The molecule has 0 spiro atoms. The Labute approximate surface area is 157 Å². The van der Waals surface area contributed by atoms with Gasteiger partial charge in [-0.25, -0.2) is 0 Å². The molecule has 0 aliphatic rings. The van der Waals surface area contributed by atoms with E-state index in [-0.39, 0.29) is 12.3 Å². The molecule has 0 bridgehead atoms. The Morgan fingerprint density at radius 2 is 1.89 bits per heavy atom. The van der Waals surface area contributed by atoms with E-state index in [1.807, 2.05) is 26.0 Å². The molecule has 1 aromatic carbocycles. The third kappa shape index (κ3) is 5.34. The van der Waals surface area contributed by atoms with Crippen LogP contribution in [-0.2, 0) is 9.59 Å².